The number of rotatable bonds is 9. The number of carbonyl (C=O) groups is 1. The molecule has 2 aromatic carbocycles. The number of hydrogen-bond donors (Lipinski definition) is 2. The summed E-state index contributed by atoms with van der Waals surface area (Å²) in [6.45, 7) is 2.71. The Morgan fingerprint density at radius 2 is 1.90 bits per heavy atom. The van der Waals surface area contributed by atoms with Gasteiger partial charge in [-0.2, -0.15) is 0 Å². The summed E-state index contributed by atoms with van der Waals surface area (Å²) in [6, 6.07) is 12.2. The van der Waals surface area contributed by atoms with Crippen molar-refractivity contribution in [2.75, 3.05) is 39.4 Å². The van der Waals surface area contributed by atoms with Crippen LogP contribution in [0.25, 0.3) is 0 Å². The maximum Gasteiger partial charge on any atom is 0.242 e. The zero-order valence-electron chi connectivity index (χ0n) is 16.9. The van der Waals surface area contributed by atoms with Crippen LogP contribution in [-0.2, 0) is 19.6 Å². The lowest BCUT2D eigenvalue weighted by molar-refractivity contribution is -0.121. The van der Waals surface area contributed by atoms with E-state index in [1.807, 2.05) is 6.07 Å². The minimum Gasteiger partial charge on any atom is -0.379 e. The predicted molar refractivity (Wildman–Crippen MR) is 116 cm³/mol. The van der Waals surface area contributed by atoms with Crippen molar-refractivity contribution in [3.8, 4) is 0 Å². The summed E-state index contributed by atoms with van der Waals surface area (Å²) in [7, 11) is -3.81. The molecule has 2 aromatic rings. The smallest absolute Gasteiger partial charge is 0.242 e. The molecule has 1 aliphatic rings. The zero-order valence-corrected chi connectivity index (χ0v) is 18.5. The van der Waals surface area contributed by atoms with Crippen molar-refractivity contribution >= 4 is 27.5 Å². The first-order valence-corrected chi connectivity index (χ1v) is 11.8. The molecule has 0 spiro atoms. The van der Waals surface area contributed by atoms with Crippen molar-refractivity contribution in [2.45, 2.75) is 17.4 Å². The van der Waals surface area contributed by atoms with E-state index in [9.17, 15) is 17.6 Å². The van der Waals surface area contributed by atoms with Crippen LogP contribution in [0.4, 0.5) is 4.39 Å². The topological polar surface area (TPSA) is 87.7 Å². The van der Waals surface area contributed by atoms with E-state index in [4.69, 9.17) is 16.3 Å². The molecule has 1 fully saturated rings. The first-order chi connectivity index (χ1) is 14.9. The van der Waals surface area contributed by atoms with Gasteiger partial charge in [-0.05, 0) is 29.8 Å². The van der Waals surface area contributed by atoms with Crippen LogP contribution >= 0.6 is 11.6 Å². The van der Waals surface area contributed by atoms with E-state index in [0.29, 0.717) is 26.3 Å². The van der Waals surface area contributed by atoms with Crippen LogP contribution in [0.5, 0.6) is 0 Å². The van der Waals surface area contributed by atoms with Gasteiger partial charge in [0.25, 0.3) is 0 Å². The van der Waals surface area contributed by atoms with Gasteiger partial charge in [0.1, 0.15) is 10.7 Å². The number of nitrogens with zero attached hydrogens (tertiary/aromatic N) is 1. The van der Waals surface area contributed by atoms with Crippen LogP contribution in [0.2, 0.25) is 5.02 Å². The van der Waals surface area contributed by atoms with Gasteiger partial charge in [-0.1, -0.05) is 35.9 Å². The van der Waals surface area contributed by atoms with Crippen LogP contribution in [-0.4, -0.2) is 58.6 Å². The molecule has 7 nitrogen and oxygen atoms in total. The Labute approximate surface area is 186 Å². The predicted octanol–water partition coefficient (Wildman–Crippen LogP) is 2.34. The largest absolute Gasteiger partial charge is 0.379 e. The van der Waals surface area contributed by atoms with Crippen molar-refractivity contribution in [2.24, 2.45) is 0 Å². The van der Waals surface area contributed by atoms with E-state index < -0.39 is 10.0 Å². The molecule has 1 heterocycles. The fourth-order valence-electron chi connectivity index (χ4n) is 3.40. The van der Waals surface area contributed by atoms with Crippen LogP contribution in [0, 0.1) is 5.82 Å². The summed E-state index contributed by atoms with van der Waals surface area (Å²) in [4.78, 5) is 14.4. The molecule has 0 saturated carbocycles. The van der Waals surface area contributed by atoms with Gasteiger partial charge in [-0.3, -0.25) is 9.69 Å². The quantitative estimate of drug-likeness (QED) is 0.588. The molecule has 0 bridgehead atoms. The molecule has 0 aliphatic carbocycles. The molecule has 1 saturated heterocycles. The average molecular weight is 470 g/mol. The van der Waals surface area contributed by atoms with E-state index >= 15 is 0 Å². The van der Waals surface area contributed by atoms with E-state index in [-0.39, 0.29) is 47.2 Å². The monoisotopic (exact) mass is 469 g/mol. The molecule has 1 aliphatic heterocycles. The fraction of sp³-hybridized carbons (Fsp3) is 0.381. The SMILES string of the molecule is O=C(CCNS(=O)(=O)c1ccccc1Cl)NCC(c1cccc(F)c1)N1CCOCC1. The third-order valence-electron chi connectivity index (χ3n) is 4.98. The van der Waals surface area contributed by atoms with Gasteiger partial charge in [0.2, 0.25) is 15.9 Å². The molecule has 10 heteroatoms. The molecule has 0 radical (unpaired) electrons. The fourth-order valence-corrected chi connectivity index (χ4v) is 4.95. The Hall–Kier alpha value is -2.04. The molecular weight excluding hydrogens is 445 g/mol. The van der Waals surface area contributed by atoms with Crippen molar-refractivity contribution < 1.29 is 22.3 Å². The van der Waals surface area contributed by atoms with Gasteiger partial charge in [0.15, 0.2) is 0 Å². The first kappa shape index (κ1) is 23.6. The minimum atomic E-state index is -3.81. The molecule has 1 amide bonds. The number of sulfonamides is 1. The summed E-state index contributed by atoms with van der Waals surface area (Å²) in [6.07, 6.45) is -0.0390. The van der Waals surface area contributed by atoms with Gasteiger partial charge in [0.05, 0.1) is 24.3 Å². The van der Waals surface area contributed by atoms with Gasteiger partial charge in [0, 0.05) is 32.6 Å². The number of halogens is 2. The summed E-state index contributed by atoms with van der Waals surface area (Å²) < 4.78 is 46.2. The molecule has 0 aromatic heterocycles. The van der Waals surface area contributed by atoms with E-state index in [1.54, 1.807) is 18.2 Å². The standard InChI is InChI=1S/C21H25ClFN3O4S/c22-18-6-1-2-7-20(18)31(28,29)25-9-8-21(27)24-15-19(26-10-12-30-13-11-26)16-4-3-5-17(23)14-16/h1-7,14,19,25H,8-13,15H2,(H,24,27). The van der Waals surface area contributed by atoms with Gasteiger partial charge < -0.3 is 10.1 Å². The highest BCUT2D eigenvalue weighted by Crippen LogP contribution is 2.22. The molecule has 2 N–H and O–H groups in total. The normalized spacial score (nSPS) is 16.1. The summed E-state index contributed by atoms with van der Waals surface area (Å²) in [5.74, 6) is -0.646. The van der Waals surface area contributed by atoms with E-state index in [0.717, 1.165) is 5.56 Å². The van der Waals surface area contributed by atoms with Crippen molar-refractivity contribution in [3.63, 3.8) is 0 Å². The van der Waals surface area contributed by atoms with E-state index in [2.05, 4.69) is 14.9 Å². The number of ether oxygens (including phenoxy) is 1. The van der Waals surface area contributed by atoms with Gasteiger partial charge in [-0.15, -0.1) is 0 Å². The number of nitrogens with one attached hydrogen (secondary N) is 2. The maximum atomic E-state index is 13.7. The maximum absolute atomic E-state index is 13.7. The summed E-state index contributed by atoms with van der Waals surface area (Å²) >= 11 is 5.94. The number of carbonyl (C=O) groups excluding carboxylic acids is 1. The lowest BCUT2D eigenvalue weighted by atomic mass is 10.0. The van der Waals surface area contributed by atoms with Gasteiger partial charge >= 0.3 is 0 Å². The lowest BCUT2D eigenvalue weighted by Gasteiger charge is -2.35. The van der Waals surface area contributed by atoms with E-state index in [1.165, 1.54) is 24.3 Å². The molecule has 31 heavy (non-hydrogen) atoms. The first-order valence-electron chi connectivity index (χ1n) is 9.95. The second-order valence-electron chi connectivity index (χ2n) is 7.10. The Bertz CT molecular complexity index is 1000. The summed E-state index contributed by atoms with van der Waals surface area (Å²) in [5.41, 5.74) is 0.765. The number of hydrogen-bond acceptors (Lipinski definition) is 5. The van der Waals surface area contributed by atoms with Crippen LogP contribution in [0.3, 0.4) is 0 Å². The second-order valence-corrected chi connectivity index (χ2v) is 9.24. The van der Waals surface area contributed by atoms with Crippen molar-refractivity contribution in [1.82, 2.24) is 14.9 Å². The minimum absolute atomic E-state index is 0.0319. The average Bonchev–Trinajstić information content (AvgIpc) is 2.75. The highest BCUT2D eigenvalue weighted by molar-refractivity contribution is 7.89. The van der Waals surface area contributed by atoms with Crippen molar-refractivity contribution in [3.05, 3.63) is 64.9 Å². The highest BCUT2D eigenvalue weighted by Gasteiger charge is 2.24. The van der Waals surface area contributed by atoms with Crippen LogP contribution in [0.15, 0.2) is 53.4 Å². The Balaban J connectivity index is 1.55. The molecule has 3 rings (SSSR count). The van der Waals surface area contributed by atoms with Crippen LogP contribution < -0.4 is 10.0 Å². The van der Waals surface area contributed by atoms with Crippen LogP contribution in [0.1, 0.15) is 18.0 Å². The molecule has 1 unspecified atom stereocenters. The Kier molecular flexibility index (Phi) is 8.39. The zero-order chi connectivity index (χ0) is 22.3. The highest BCUT2D eigenvalue weighted by atomic mass is 35.5. The molecule has 1 atom stereocenters. The van der Waals surface area contributed by atoms with Crippen molar-refractivity contribution in [1.29, 1.82) is 0 Å². The molecule has 168 valence electrons. The number of morpholine rings is 1. The number of amides is 1. The third kappa shape index (κ3) is 6.72. The molecular formula is C21H25ClFN3O4S. The Morgan fingerprint density at radius 1 is 1.16 bits per heavy atom. The Morgan fingerprint density at radius 3 is 2.61 bits per heavy atom. The third-order valence-corrected chi connectivity index (χ3v) is 6.94. The summed E-state index contributed by atoms with van der Waals surface area (Å²) in [5, 5.41) is 2.94. The second kappa shape index (κ2) is 11.0. The number of benzene rings is 2. The van der Waals surface area contributed by atoms with Gasteiger partial charge in [-0.25, -0.2) is 17.5 Å². The lowest BCUT2D eigenvalue weighted by Crippen LogP contribution is -2.44.